The highest BCUT2D eigenvalue weighted by atomic mass is 35.5. The number of nitrogens with one attached hydrogen (secondary N) is 1. The molecule has 0 aliphatic heterocycles. The lowest BCUT2D eigenvalue weighted by Crippen LogP contribution is -2.39. The molecule has 120 valence electrons. The van der Waals surface area contributed by atoms with E-state index in [1.54, 1.807) is 6.20 Å². The van der Waals surface area contributed by atoms with E-state index in [2.05, 4.69) is 10.3 Å². The van der Waals surface area contributed by atoms with Crippen molar-refractivity contribution in [3.63, 3.8) is 0 Å². The molecule has 6 heteroatoms. The van der Waals surface area contributed by atoms with Crippen LogP contribution in [0, 0.1) is 5.92 Å². The number of carbonyl (C=O) groups is 1. The van der Waals surface area contributed by atoms with E-state index in [9.17, 15) is 4.79 Å². The molecule has 1 aromatic heterocycles. The summed E-state index contributed by atoms with van der Waals surface area (Å²) < 4.78 is 0. The summed E-state index contributed by atoms with van der Waals surface area (Å²) >= 11 is 0. The van der Waals surface area contributed by atoms with Crippen LogP contribution in [0.15, 0.2) is 36.5 Å². The van der Waals surface area contributed by atoms with Crippen molar-refractivity contribution in [2.75, 3.05) is 6.54 Å². The molecular formula is C16H21Cl2N3O. The smallest absolute Gasteiger partial charge is 0.224 e. The van der Waals surface area contributed by atoms with Gasteiger partial charge in [-0.2, -0.15) is 0 Å². The largest absolute Gasteiger partial charge is 0.354 e. The topological polar surface area (TPSA) is 68.0 Å². The van der Waals surface area contributed by atoms with Crippen molar-refractivity contribution in [3.8, 4) is 0 Å². The highest BCUT2D eigenvalue weighted by molar-refractivity contribution is 5.87. The molecule has 0 bridgehead atoms. The molecule has 1 amide bonds. The first-order valence-corrected chi connectivity index (χ1v) is 7.09. The van der Waals surface area contributed by atoms with Gasteiger partial charge in [0.05, 0.1) is 11.9 Å². The second-order valence-corrected chi connectivity index (χ2v) is 5.47. The molecule has 3 N–H and O–H groups in total. The summed E-state index contributed by atoms with van der Waals surface area (Å²) in [6, 6.07) is 9.93. The number of hydrogen-bond acceptors (Lipinski definition) is 3. The van der Waals surface area contributed by atoms with E-state index in [0.717, 1.165) is 16.5 Å². The molecule has 1 atom stereocenters. The van der Waals surface area contributed by atoms with Gasteiger partial charge in [0.25, 0.3) is 0 Å². The number of pyridine rings is 1. The molecule has 1 heterocycles. The summed E-state index contributed by atoms with van der Waals surface area (Å²) in [7, 11) is 0. The Hall–Kier alpha value is -1.36. The molecular weight excluding hydrogens is 321 g/mol. The molecule has 22 heavy (non-hydrogen) atoms. The lowest BCUT2D eigenvalue weighted by molar-refractivity contribution is -0.120. The molecule has 3 rings (SSSR count). The zero-order chi connectivity index (χ0) is 13.9. The number of amides is 1. The van der Waals surface area contributed by atoms with Crippen molar-refractivity contribution in [2.45, 2.75) is 25.3 Å². The fraction of sp³-hybridized carbons (Fsp3) is 0.375. The molecule has 1 aliphatic carbocycles. The van der Waals surface area contributed by atoms with E-state index in [1.165, 1.54) is 12.8 Å². The SMILES string of the molecule is Cl.Cl.NC(CNC(=O)Cc1cccc2cccnc12)C1CC1. The van der Waals surface area contributed by atoms with Gasteiger partial charge in [-0.3, -0.25) is 9.78 Å². The van der Waals surface area contributed by atoms with Crippen LogP contribution in [0.5, 0.6) is 0 Å². The van der Waals surface area contributed by atoms with E-state index in [4.69, 9.17) is 5.73 Å². The van der Waals surface area contributed by atoms with Crippen molar-refractivity contribution < 1.29 is 4.79 Å². The van der Waals surface area contributed by atoms with Crippen LogP contribution >= 0.6 is 24.8 Å². The van der Waals surface area contributed by atoms with Gasteiger partial charge in [0, 0.05) is 24.2 Å². The molecule has 0 saturated heterocycles. The average Bonchev–Trinajstić information content (AvgIpc) is 3.30. The number of rotatable bonds is 5. The minimum atomic E-state index is 0. The number of carbonyl (C=O) groups excluding carboxylic acids is 1. The third-order valence-electron chi connectivity index (χ3n) is 3.83. The minimum absolute atomic E-state index is 0. The second kappa shape index (κ2) is 8.32. The quantitative estimate of drug-likeness (QED) is 0.877. The number of benzene rings is 1. The fourth-order valence-corrected chi connectivity index (χ4v) is 2.47. The predicted molar refractivity (Wildman–Crippen MR) is 93.7 cm³/mol. The highest BCUT2D eigenvalue weighted by Crippen LogP contribution is 2.31. The first-order chi connectivity index (χ1) is 9.74. The molecule has 2 aromatic rings. The summed E-state index contributed by atoms with van der Waals surface area (Å²) in [4.78, 5) is 16.4. The maximum atomic E-state index is 12.0. The maximum Gasteiger partial charge on any atom is 0.224 e. The second-order valence-electron chi connectivity index (χ2n) is 5.47. The van der Waals surface area contributed by atoms with Crippen molar-refractivity contribution >= 4 is 41.6 Å². The van der Waals surface area contributed by atoms with Crippen LogP contribution in [-0.4, -0.2) is 23.5 Å². The Balaban J connectivity index is 0.00000121. The van der Waals surface area contributed by atoms with E-state index < -0.39 is 0 Å². The number of para-hydroxylation sites is 1. The number of halogens is 2. The van der Waals surface area contributed by atoms with Crippen LogP contribution in [-0.2, 0) is 11.2 Å². The Morgan fingerprint density at radius 3 is 2.73 bits per heavy atom. The Labute approximate surface area is 142 Å². The highest BCUT2D eigenvalue weighted by Gasteiger charge is 2.28. The van der Waals surface area contributed by atoms with Gasteiger partial charge in [0.15, 0.2) is 0 Å². The van der Waals surface area contributed by atoms with Gasteiger partial charge >= 0.3 is 0 Å². The maximum absolute atomic E-state index is 12.0. The van der Waals surface area contributed by atoms with Crippen molar-refractivity contribution in [3.05, 3.63) is 42.1 Å². The molecule has 4 nitrogen and oxygen atoms in total. The Kier molecular flexibility index (Phi) is 7.07. The molecule has 1 fully saturated rings. The molecule has 1 saturated carbocycles. The van der Waals surface area contributed by atoms with Gasteiger partial charge < -0.3 is 11.1 Å². The van der Waals surface area contributed by atoms with E-state index in [0.29, 0.717) is 18.9 Å². The predicted octanol–water partition coefficient (Wildman–Crippen LogP) is 2.47. The number of fused-ring (bicyclic) bond motifs is 1. The average molecular weight is 342 g/mol. The number of aromatic nitrogens is 1. The first kappa shape index (κ1) is 18.7. The van der Waals surface area contributed by atoms with E-state index >= 15 is 0 Å². The zero-order valence-corrected chi connectivity index (χ0v) is 13.8. The third kappa shape index (κ3) is 4.57. The molecule has 1 aliphatic rings. The Morgan fingerprint density at radius 1 is 1.27 bits per heavy atom. The standard InChI is InChI=1S/C16H19N3O.2ClH/c17-14(11-6-7-11)10-19-15(20)9-13-4-1-3-12-5-2-8-18-16(12)13;;/h1-5,8,11,14H,6-7,9-10,17H2,(H,19,20);2*1H. The van der Waals surface area contributed by atoms with Gasteiger partial charge in [-0.15, -0.1) is 24.8 Å². The van der Waals surface area contributed by atoms with Crippen LogP contribution in [0.2, 0.25) is 0 Å². The fourth-order valence-electron chi connectivity index (χ4n) is 2.47. The Bertz CT molecular complexity index is 626. The molecule has 0 radical (unpaired) electrons. The van der Waals surface area contributed by atoms with Gasteiger partial charge in [-0.05, 0) is 30.4 Å². The molecule has 0 spiro atoms. The van der Waals surface area contributed by atoms with Crippen molar-refractivity contribution in [2.24, 2.45) is 11.7 Å². The van der Waals surface area contributed by atoms with Crippen LogP contribution < -0.4 is 11.1 Å². The first-order valence-electron chi connectivity index (χ1n) is 7.09. The third-order valence-corrected chi connectivity index (χ3v) is 3.83. The van der Waals surface area contributed by atoms with Gasteiger partial charge in [-0.1, -0.05) is 24.3 Å². The Morgan fingerprint density at radius 2 is 2.00 bits per heavy atom. The summed E-state index contributed by atoms with van der Waals surface area (Å²) in [6.07, 6.45) is 4.51. The molecule has 1 aromatic carbocycles. The normalized spacial score (nSPS) is 14.6. The molecule has 1 unspecified atom stereocenters. The summed E-state index contributed by atoms with van der Waals surface area (Å²) in [5.41, 5.74) is 7.84. The monoisotopic (exact) mass is 341 g/mol. The summed E-state index contributed by atoms with van der Waals surface area (Å²) in [5, 5.41) is 3.99. The summed E-state index contributed by atoms with van der Waals surface area (Å²) in [5.74, 6) is 0.619. The van der Waals surface area contributed by atoms with Gasteiger partial charge in [-0.25, -0.2) is 0 Å². The zero-order valence-electron chi connectivity index (χ0n) is 12.2. The van der Waals surface area contributed by atoms with Crippen LogP contribution in [0.1, 0.15) is 18.4 Å². The van der Waals surface area contributed by atoms with Crippen LogP contribution in [0.25, 0.3) is 10.9 Å². The van der Waals surface area contributed by atoms with Gasteiger partial charge in [0.1, 0.15) is 0 Å². The number of nitrogens with two attached hydrogens (primary N) is 1. The van der Waals surface area contributed by atoms with Crippen molar-refractivity contribution in [1.29, 1.82) is 0 Å². The number of hydrogen-bond donors (Lipinski definition) is 2. The minimum Gasteiger partial charge on any atom is -0.354 e. The van der Waals surface area contributed by atoms with Crippen LogP contribution in [0.3, 0.4) is 0 Å². The lowest BCUT2D eigenvalue weighted by Gasteiger charge is -2.12. The van der Waals surface area contributed by atoms with Gasteiger partial charge in [0.2, 0.25) is 5.91 Å². The van der Waals surface area contributed by atoms with E-state index in [-0.39, 0.29) is 36.8 Å². The van der Waals surface area contributed by atoms with Crippen LogP contribution in [0.4, 0.5) is 0 Å². The van der Waals surface area contributed by atoms with Crippen molar-refractivity contribution in [1.82, 2.24) is 10.3 Å². The number of nitrogens with zero attached hydrogens (tertiary/aromatic N) is 1. The van der Waals surface area contributed by atoms with E-state index in [1.807, 2.05) is 30.3 Å². The summed E-state index contributed by atoms with van der Waals surface area (Å²) in [6.45, 7) is 0.571. The lowest BCUT2D eigenvalue weighted by atomic mass is 10.1.